The zero-order valence-corrected chi connectivity index (χ0v) is 8.42. The SMILES string of the molecule is C1CC2CCC12.CC=C(C)C(=O)O. The van der Waals surface area contributed by atoms with Crippen LogP contribution in [-0.4, -0.2) is 11.1 Å². The van der Waals surface area contributed by atoms with Crippen molar-refractivity contribution in [3.05, 3.63) is 11.6 Å². The highest BCUT2D eigenvalue weighted by molar-refractivity contribution is 5.85. The minimum Gasteiger partial charge on any atom is -0.478 e. The number of fused-ring (bicyclic) bond motifs is 1. The monoisotopic (exact) mass is 182 g/mol. The van der Waals surface area contributed by atoms with E-state index in [1.807, 2.05) is 0 Å². The van der Waals surface area contributed by atoms with Gasteiger partial charge in [-0.2, -0.15) is 0 Å². The summed E-state index contributed by atoms with van der Waals surface area (Å²) in [6.45, 7) is 3.26. The van der Waals surface area contributed by atoms with Gasteiger partial charge in [0.1, 0.15) is 0 Å². The molecule has 13 heavy (non-hydrogen) atoms. The fourth-order valence-electron chi connectivity index (χ4n) is 1.69. The molecule has 2 rings (SSSR count). The molecular formula is C11H18O2. The normalized spacial score (nSPS) is 30.2. The average molecular weight is 182 g/mol. The maximum Gasteiger partial charge on any atom is 0.330 e. The Morgan fingerprint density at radius 2 is 1.62 bits per heavy atom. The van der Waals surface area contributed by atoms with Crippen molar-refractivity contribution in [3.63, 3.8) is 0 Å². The summed E-state index contributed by atoms with van der Waals surface area (Å²) >= 11 is 0. The zero-order valence-electron chi connectivity index (χ0n) is 8.42. The Labute approximate surface area is 79.6 Å². The molecule has 2 fully saturated rings. The number of allylic oxidation sites excluding steroid dienone is 1. The number of rotatable bonds is 1. The summed E-state index contributed by atoms with van der Waals surface area (Å²) in [5.41, 5.74) is 0.389. The lowest BCUT2D eigenvalue weighted by Crippen LogP contribution is -2.34. The molecule has 2 aliphatic rings. The zero-order chi connectivity index (χ0) is 9.84. The predicted octanol–water partition coefficient (Wildman–Crippen LogP) is 2.84. The average Bonchev–Trinajstić information content (AvgIpc) is 2.10. The van der Waals surface area contributed by atoms with Gasteiger partial charge >= 0.3 is 5.97 Å². The molecule has 0 atom stereocenters. The largest absolute Gasteiger partial charge is 0.478 e. The first kappa shape index (κ1) is 10.3. The fourth-order valence-corrected chi connectivity index (χ4v) is 1.69. The van der Waals surface area contributed by atoms with Crippen LogP contribution in [0.1, 0.15) is 39.5 Å². The van der Waals surface area contributed by atoms with Gasteiger partial charge in [-0.3, -0.25) is 0 Å². The maximum absolute atomic E-state index is 9.86. The summed E-state index contributed by atoms with van der Waals surface area (Å²) < 4.78 is 0. The van der Waals surface area contributed by atoms with Gasteiger partial charge in [-0.25, -0.2) is 4.79 Å². The first-order valence-corrected chi connectivity index (χ1v) is 5.01. The molecule has 0 amide bonds. The molecule has 0 bridgehead atoms. The van der Waals surface area contributed by atoms with Crippen LogP contribution in [0.15, 0.2) is 11.6 Å². The highest BCUT2D eigenvalue weighted by Gasteiger charge is 2.37. The summed E-state index contributed by atoms with van der Waals surface area (Å²) in [6, 6.07) is 0. The highest BCUT2D eigenvalue weighted by Crippen LogP contribution is 2.49. The van der Waals surface area contributed by atoms with E-state index >= 15 is 0 Å². The smallest absolute Gasteiger partial charge is 0.330 e. The van der Waals surface area contributed by atoms with Gasteiger partial charge < -0.3 is 5.11 Å². The summed E-state index contributed by atoms with van der Waals surface area (Å²) in [4.78, 5) is 9.86. The summed E-state index contributed by atoms with van der Waals surface area (Å²) in [6.07, 6.45) is 7.80. The molecule has 0 aromatic rings. The maximum atomic E-state index is 9.86. The minimum absolute atomic E-state index is 0.389. The van der Waals surface area contributed by atoms with E-state index in [4.69, 9.17) is 5.11 Å². The Balaban J connectivity index is 0.000000130. The molecule has 2 aliphatic carbocycles. The van der Waals surface area contributed by atoms with Crippen molar-refractivity contribution in [2.45, 2.75) is 39.5 Å². The van der Waals surface area contributed by atoms with Crippen LogP contribution in [-0.2, 0) is 4.79 Å². The highest BCUT2D eigenvalue weighted by atomic mass is 16.4. The van der Waals surface area contributed by atoms with Crippen LogP contribution in [0.3, 0.4) is 0 Å². The Kier molecular flexibility index (Phi) is 3.52. The van der Waals surface area contributed by atoms with Crippen LogP contribution in [0.25, 0.3) is 0 Å². The number of carboxylic acid groups (broad SMARTS) is 1. The molecule has 0 radical (unpaired) electrons. The summed E-state index contributed by atoms with van der Waals surface area (Å²) in [5, 5.41) is 8.11. The van der Waals surface area contributed by atoms with E-state index in [0.29, 0.717) is 5.57 Å². The second-order valence-corrected chi connectivity index (χ2v) is 3.95. The van der Waals surface area contributed by atoms with E-state index in [1.54, 1.807) is 45.6 Å². The third kappa shape index (κ3) is 2.58. The van der Waals surface area contributed by atoms with Crippen LogP contribution < -0.4 is 0 Å². The topological polar surface area (TPSA) is 37.3 Å². The molecule has 2 nitrogen and oxygen atoms in total. The molecule has 0 aromatic carbocycles. The lowest BCUT2D eigenvalue weighted by Gasteiger charge is -2.46. The third-order valence-corrected chi connectivity index (χ3v) is 3.25. The molecule has 0 aliphatic heterocycles. The van der Waals surface area contributed by atoms with Gasteiger partial charge in [-0.1, -0.05) is 6.08 Å². The molecular weight excluding hydrogens is 164 g/mol. The molecule has 0 unspecified atom stereocenters. The molecule has 0 aromatic heterocycles. The van der Waals surface area contributed by atoms with Crippen molar-refractivity contribution < 1.29 is 9.90 Å². The van der Waals surface area contributed by atoms with Crippen LogP contribution in [0.4, 0.5) is 0 Å². The van der Waals surface area contributed by atoms with Crippen molar-refractivity contribution >= 4 is 5.97 Å². The third-order valence-electron chi connectivity index (χ3n) is 3.25. The quantitative estimate of drug-likeness (QED) is 0.633. The van der Waals surface area contributed by atoms with E-state index in [2.05, 4.69) is 0 Å². The van der Waals surface area contributed by atoms with Crippen molar-refractivity contribution in [2.24, 2.45) is 11.8 Å². The van der Waals surface area contributed by atoms with E-state index in [-0.39, 0.29) is 0 Å². The van der Waals surface area contributed by atoms with Gasteiger partial charge in [0.15, 0.2) is 0 Å². The van der Waals surface area contributed by atoms with Crippen molar-refractivity contribution in [1.82, 2.24) is 0 Å². The van der Waals surface area contributed by atoms with Gasteiger partial charge in [0.25, 0.3) is 0 Å². The second kappa shape index (κ2) is 4.45. The van der Waals surface area contributed by atoms with Gasteiger partial charge in [0.05, 0.1) is 0 Å². The van der Waals surface area contributed by atoms with E-state index in [0.717, 1.165) is 0 Å². The van der Waals surface area contributed by atoms with E-state index in [1.165, 1.54) is 11.8 Å². The van der Waals surface area contributed by atoms with Gasteiger partial charge in [0.2, 0.25) is 0 Å². The van der Waals surface area contributed by atoms with Gasteiger partial charge in [0, 0.05) is 5.57 Å². The van der Waals surface area contributed by atoms with Gasteiger partial charge in [-0.05, 0) is 51.4 Å². The molecule has 2 heteroatoms. The minimum atomic E-state index is -0.845. The number of carboxylic acids is 1. The predicted molar refractivity (Wildman–Crippen MR) is 52.5 cm³/mol. The molecule has 0 heterocycles. The van der Waals surface area contributed by atoms with Gasteiger partial charge in [-0.15, -0.1) is 0 Å². The lowest BCUT2D eigenvalue weighted by molar-refractivity contribution is -0.132. The molecule has 1 N–H and O–H groups in total. The number of carbonyl (C=O) groups is 1. The Hall–Kier alpha value is -0.790. The van der Waals surface area contributed by atoms with Crippen LogP contribution in [0.5, 0.6) is 0 Å². The van der Waals surface area contributed by atoms with Crippen molar-refractivity contribution in [1.29, 1.82) is 0 Å². The van der Waals surface area contributed by atoms with E-state index < -0.39 is 5.97 Å². The Morgan fingerprint density at radius 3 is 1.62 bits per heavy atom. The molecule has 0 spiro atoms. The Morgan fingerprint density at radius 1 is 1.23 bits per heavy atom. The van der Waals surface area contributed by atoms with Crippen LogP contribution >= 0.6 is 0 Å². The fraction of sp³-hybridized carbons (Fsp3) is 0.727. The molecule has 0 saturated heterocycles. The summed E-state index contributed by atoms with van der Waals surface area (Å²) in [5.74, 6) is 1.58. The summed E-state index contributed by atoms with van der Waals surface area (Å²) in [7, 11) is 0. The standard InChI is InChI=1S/C6H10.C5H8O2/c1-2-6-4-3-5(1)6;1-3-4(2)5(6)7/h5-6H,1-4H2;3H,1-2H3,(H,6,7). The van der Waals surface area contributed by atoms with Crippen LogP contribution in [0.2, 0.25) is 0 Å². The van der Waals surface area contributed by atoms with Crippen molar-refractivity contribution in [3.8, 4) is 0 Å². The van der Waals surface area contributed by atoms with E-state index in [9.17, 15) is 4.79 Å². The first-order chi connectivity index (χ1) is 6.15. The first-order valence-electron chi connectivity index (χ1n) is 5.01. The van der Waals surface area contributed by atoms with Crippen molar-refractivity contribution in [2.75, 3.05) is 0 Å². The second-order valence-electron chi connectivity index (χ2n) is 3.95. The Bertz CT molecular complexity index is 200. The molecule has 2 saturated carbocycles. The number of hydrogen-bond acceptors (Lipinski definition) is 1. The van der Waals surface area contributed by atoms with Crippen LogP contribution in [0, 0.1) is 11.8 Å². The number of hydrogen-bond donors (Lipinski definition) is 1. The lowest BCUT2D eigenvalue weighted by atomic mass is 9.60. The molecule has 74 valence electrons. The number of aliphatic carboxylic acids is 1.